The van der Waals surface area contributed by atoms with Gasteiger partial charge in [0.15, 0.2) is 9.84 Å². The summed E-state index contributed by atoms with van der Waals surface area (Å²) < 4.78 is 29.7. The van der Waals surface area contributed by atoms with Crippen LogP contribution in [0.3, 0.4) is 0 Å². The zero-order valence-corrected chi connectivity index (χ0v) is 20.3. The van der Waals surface area contributed by atoms with Crippen LogP contribution < -0.4 is 10.2 Å². The topological polar surface area (TPSA) is 88.6 Å². The number of aromatic nitrogens is 1. The van der Waals surface area contributed by atoms with Gasteiger partial charge in [-0.05, 0) is 41.5 Å². The van der Waals surface area contributed by atoms with Crippen molar-refractivity contribution in [2.75, 3.05) is 30.4 Å². The number of nitrogens with zero attached hydrogens (tertiary/aromatic N) is 2. The molecule has 9 heteroatoms. The first kappa shape index (κ1) is 24.2. The lowest BCUT2D eigenvalue weighted by Crippen LogP contribution is -2.41. The molecular weight excluding hydrogens is 474 g/mol. The van der Waals surface area contributed by atoms with E-state index in [1.54, 1.807) is 49.5 Å². The molecule has 1 aliphatic heterocycles. The van der Waals surface area contributed by atoms with Gasteiger partial charge in [-0.15, -0.1) is 0 Å². The van der Waals surface area contributed by atoms with Gasteiger partial charge in [0.25, 0.3) is 5.91 Å². The first-order valence-electron chi connectivity index (χ1n) is 11.0. The van der Waals surface area contributed by atoms with Crippen molar-refractivity contribution >= 4 is 33.2 Å². The molecule has 1 aliphatic rings. The summed E-state index contributed by atoms with van der Waals surface area (Å²) in [6, 6.07) is 17.5. The fourth-order valence-corrected chi connectivity index (χ4v) is 5.07. The van der Waals surface area contributed by atoms with Crippen LogP contribution in [0, 0.1) is 0 Å². The smallest absolute Gasteiger partial charge is 0.255 e. The van der Waals surface area contributed by atoms with E-state index in [4.69, 9.17) is 16.3 Å². The van der Waals surface area contributed by atoms with E-state index in [0.717, 1.165) is 11.1 Å². The summed E-state index contributed by atoms with van der Waals surface area (Å²) in [5.41, 5.74) is 2.17. The van der Waals surface area contributed by atoms with Crippen LogP contribution in [0.5, 0.6) is 0 Å². The number of carbonyl (C=O) groups excluding carboxylic acids is 1. The number of hydrogen-bond donors (Lipinski definition) is 1. The average Bonchev–Trinajstić information content (AvgIpc) is 2.88. The van der Waals surface area contributed by atoms with E-state index in [2.05, 4.69) is 15.2 Å². The molecule has 7 nitrogen and oxygen atoms in total. The highest BCUT2D eigenvalue weighted by atomic mass is 35.5. The standard InChI is InChI=1S/C25H26ClN3O4S/c1-2-34(31,32)19-11-9-18(10-12-19)16-28-25(30)21-7-5-13-27-24(21)29-14-15-33-17-23(29)20-6-3-4-8-22(20)26/h3-13,23H,2,14-17H2,1H3,(H,28,30). The molecule has 2 aromatic carbocycles. The number of pyridine rings is 1. The van der Waals surface area contributed by atoms with Crippen LogP contribution in [0.1, 0.15) is 34.5 Å². The summed E-state index contributed by atoms with van der Waals surface area (Å²) in [5.74, 6) is 0.346. The number of carbonyl (C=O) groups is 1. The zero-order valence-electron chi connectivity index (χ0n) is 18.8. The summed E-state index contributed by atoms with van der Waals surface area (Å²) in [4.78, 5) is 20.0. The number of hydrogen-bond acceptors (Lipinski definition) is 6. The lowest BCUT2D eigenvalue weighted by Gasteiger charge is -2.37. The summed E-state index contributed by atoms with van der Waals surface area (Å²) in [6.45, 7) is 3.40. The Morgan fingerprint density at radius 1 is 1.15 bits per heavy atom. The Hall–Kier alpha value is -2.94. The number of ether oxygens (including phenoxy) is 1. The molecule has 3 aromatic rings. The Kier molecular flexibility index (Phi) is 7.50. The van der Waals surface area contributed by atoms with E-state index in [0.29, 0.717) is 36.2 Å². The Labute approximate surface area is 204 Å². The number of nitrogens with one attached hydrogen (secondary N) is 1. The van der Waals surface area contributed by atoms with Gasteiger partial charge in [-0.25, -0.2) is 13.4 Å². The molecule has 0 saturated carbocycles. The molecule has 1 aromatic heterocycles. The van der Waals surface area contributed by atoms with Crippen molar-refractivity contribution < 1.29 is 17.9 Å². The molecule has 0 bridgehead atoms. The second-order valence-corrected chi connectivity index (χ2v) is 10.6. The minimum atomic E-state index is -3.26. The molecule has 0 spiro atoms. The van der Waals surface area contributed by atoms with Gasteiger partial charge in [-0.2, -0.15) is 0 Å². The van der Waals surface area contributed by atoms with Crippen LogP contribution in [0.4, 0.5) is 5.82 Å². The third-order valence-corrected chi connectivity index (χ3v) is 7.91. The summed E-state index contributed by atoms with van der Waals surface area (Å²) in [5, 5.41) is 3.56. The largest absolute Gasteiger partial charge is 0.377 e. The average molecular weight is 500 g/mol. The maximum Gasteiger partial charge on any atom is 0.255 e. The van der Waals surface area contributed by atoms with Crippen molar-refractivity contribution in [2.24, 2.45) is 0 Å². The molecule has 1 atom stereocenters. The highest BCUT2D eigenvalue weighted by Crippen LogP contribution is 2.34. The zero-order chi connectivity index (χ0) is 24.1. The van der Waals surface area contributed by atoms with Crippen LogP contribution in [0.25, 0.3) is 0 Å². The number of rotatable bonds is 7. The molecular formula is C25H26ClN3O4S. The fourth-order valence-electron chi connectivity index (χ4n) is 3.92. The number of morpholine rings is 1. The van der Waals surface area contributed by atoms with Crippen LogP contribution >= 0.6 is 11.6 Å². The molecule has 0 aliphatic carbocycles. The lowest BCUT2D eigenvalue weighted by molar-refractivity contribution is 0.0915. The fraction of sp³-hybridized carbons (Fsp3) is 0.280. The van der Waals surface area contributed by atoms with E-state index < -0.39 is 9.84 Å². The van der Waals surface area contributed by atoms with E-state index in [-0.39, 0.29) is 29.1 Å². The molecule has 1 fully saturated rings. The van der Waals surface area contributed by atoms with Crippen LogP contribution in [-0.2, 0) is 21.1 Å². The van der Waals surface area contributed by atoms with E-state index >= 15 is 0 Å². The minimum absolute atomic E-state index is 0.0452. The molecule has 4 rings (SSSR count). The predicted octanol–water partition coefficient (Wildman–Crippen LogP) is 4.04. The third kappa shape index (κ3) is 5.24. The molecule has 1 N–H and O–H groups in total. The molecule has 2 heterocycles. The summed E-state index contributed by atoms with van der Waals surface area (Å²) in [6.07, 6.45) is 1.66. The van der Waals surface area contributed by atoms with Gasteiger partial charge in [0.2, 0.25) is 0 Å². The van der Waals surface area contributed by atoms with Gasteiger partial charge in [0, 0.05) is 24.3 Å². The highest BCUT2D eigenvalue weighted by molar-refractivity contribution is 7.91. The predicted molar refractivity (Wildman–Crippen MR) is 132 cm³/mol. The number of amides is 1. The van der Waals surface area contributed by atoms with Crippen molar-refractivity contribution in [1.82, 2.24) is 10.3 Å². The Morgan fingerprint density at radius 3 is 2.65 bits per heavy atom. The Bertz CT molecular complexity index is 1270. The maximum absolute atomic E-state index is 13.1. The van der Waals surface area contributed by atoms with Gasteiger partial charge in [0.05, 0.1) is 35.5 Å². The first-order valence-corrected chi connectivity index (χ1v) is 13.1. The van der Waals surface area contributed by atoms with Crippen molar-refractivity contribution in [1.29, 1.82) is 0 Å². The Morgan fingerprint density at radius 2 is 1.91 bits per heavy atom. The summed E-state index contributed by atoms with van der Waals surface area (Å²) in [7, 11) is -3.26. The van der Waals surface area contributed by atoms with Crippen molar-refractivity contribution in [3.05, 3.63) is 88.6 Å². The molecule has 1 saturated heterocycles. The van der Waals surface area contributed by atoms with E-state index in [1.807, 2.05) is 24.3 Å². The van der Waals surface area contributed by atoms with Crippen molar-refractivity contribution in [2.45, 2.75) is 24.4 Å². The second kappa shape index (κ2) is 10.5. The number of sulfone groups is 1. The number of halogens is 1. The number of benzene rings is 2. The van der Waals surface area contributed by atoms with Crippen LogP contribution in [-0.4, -0.2) is 44.8 Å². The van der Waals surface area contributed by atoms with E-state index in [9.17, 15) is 13.2 Å². The quantitative estimate of drug-likeness (QED) is 0.528. The normalized spacial score (nSPS) is 16.3. The molecule has 178 valence electrons. The monoisotopic (exact) mass is 499 g/mol. The van der Waals surface area contributed by atoms with Crippen LogP contribution in [0.15, 0.2) is 71.8 Å². The van der Waals surface area contributed by atoms with Gasteiger partial charge < -0.3 is 15.0 Å². The molecule has 1 amide bonds. The van der Waals surface area contributed by atoms with Crippen LogP contribution in [0.2, 0.25) is 5.02 Å². The maximum atomic E-state index is 13.1. The van der Waals surface area contributed by atoms with Gasteiger partial charge >= 0.3 is 0 Å². The highest BCUT2D eigenvalue weighted by Gasteiger charge is 2.30. The second-order valence-electron chi connectivity index (χ2n) is 7.91. The Balaban J connectivity index is 1.53. The first-order chi connectivity index (χ1) is 16.4. The number of anilines is 1. The van der Waals surface area contributed by atoms with Gasteiger partial charge in [-0.3, -0.25) is 4.79 Å². The van der Waals surface area contributed by atoms with E-state index in [1.165, 1.54) is 0 Å². The molecule has 0 radical (unpaired) electrons. The molecule has 34 heavy (non-hydrogen) atoms. The minimum Gasteiger partial charge on any atom is -0.377 e. The molecule has 1 unspecified atom stereocenters. The van der Waals surface area contributed by atoms with Gasteiger partial charge in [-0.1, -0.05) is 48.9 Å². The SMILES string of the molecule is CCS(=O)(=O)c1ccc(CNC(=O)c2cccnc2N2CCOCC2c2ccccc2Cl)cc1. The third-order valence-electron chi connectivity index (χ3n) is 5.81. The van der Waals surface area contributed by atoms with Crippen molar-refractivity contribution in [3.8, 4) is 0 Å². The van der Waals surface area contributed by atoms with Crippen molar-refractivity contribution in [3.63, 3.8) is 0 Å². The summed E-state index contributed by atoms with van der Waals surface area (Å²) >= 11 is 6.46. The lowest BCUT2D eigenvalue weighted by atomic mass is 10.0. The van der Waals surface area contributed by atoms with Gasteiger partial charge in [0.1, 0.15) is 5.82 Å².